The zero-order valence-electron chi connectivity index (χ0n) is 16.0. The largest absolute Gasteiger partial charge is 1.00 e. The van der Waals surface area contributed by atoms with Crippen molar-refractivity contribution in [3.63, 3.8) is 0 Å². The fraction of sp³-hybridized carbons (Fsp3) is 0.882. The molecule has 0 spiro atoms. The second-order valence-electron chi connectivity index (χ2n) is 6.21. The maximum absolute atomic E-state index is 11.7. The van der Waals surface area contributed by atoms with E-state index in [0.717, 1.165) is 12.8 Å². The Kier molecular flexibility index (Phi) is 17.4. The molecular formula is C17H34NNaO3. The third-order valence-corrected chi connectivity index (χ3v) is 3.76. The Labute approximate surface area is 159 Å². The Hall–Kier alpha value is -0.0600. The van der Waals surface area contributed by atoms with Gasteiger partial charge in [0.2, 0.25) is 5.91 Å². The van der Waals surface area contributed by atoms with Crippen LogP contribution >= 0.6 is 0 Å². The van der Waals surface area contributed by atoms with Gasteiger partial charge in [-0.25, -0.2) is 4.79 Å². The quantitative estimate of drug-likeness (QED) is 0.396. The maximum atomic E-state index is 11.7. The SMILES string of the molecule is CCCCCCCCCCCC(=O)NC(C(=O)O)C(C)C.[H-].[Na+]. The van der Waals surface area contributed by atoms with Crippen molar-refractivity contribution in [2.75, 3.05) is 0 Å². The molecule has 0 aliphatic rings. The first-order valence-corrected chi connectivity index (χ1v) is 8.51. The van der Waals surface area contributed by atoms with E-state index >= 15 is 0 Å². The Balaban J connectivity index is -0.00000200. The predicted octanol–water partition coefficient (Wildman–Crippen LogP) is 1.25. The van der Waals surface area contributed by atoms with E-state index in [1.54, 1.807) is 13.8 Å². The van der Waals surface area contributed by atoms with Crippen LogP contribution in [-0.4, -0.2) is 23.0 Å². The van der Waals surface area contributed by atoms with Crippen molar-refractivity contribution in [1.82, 2.24) is 5.32 Å². The molecule has 0 bridgehead atoms. The van der Waals surface area contributed by atoms with Crippen molar-refractivity contribution in [2.24, 2.45) is 5.92 Å². The van der Waals surface area contributed by atoms with Crippen molar-refractivity contribution in [1.29, 1.82) is 0 Å². The summed E-state index contributed by atoms with van der Waals surface area (Å²) in [5, 5.41) is 11.6. The summed E-state index contributed by atoms with van der Waals surface area (Å²) in [6.07, 6.45) is 11.3. The molecule has 5 heteroatoms. The summed E-state index contributed by atoms with van der Waals surface area (Å²) < 4.78 is 0. The number of hydrogen-bond acceptors (Lipinski definition) is 2. The number of carbonyl (C=O) groups excluding carboxylic acids is 1. The second kappa shape index (κ2) is 15.8. The third-order valence-electron chi connectivity index (χ3n) is 3.76. The molecule has 2 N–H and O–H groups in total. The monoisotopic (exact) mass is 323 g/mol. The molecule has 0 aromatic rings. The van der Waals surface area contributed by atoms with E-state index in [0.29, 0.717) is 6.42 Å². The zero-order chi connectivity index (χ0) is 16.1. The van der Waals surface area contributed by atoms with Crippen molar-refractivity contribution in [2.45, 2.75) is 91.0 Å². The molecule has 0 rings (SSSR count). The summed E-state index contributed by atoms with van der Waals surface area (Å²) in [7, 11) is 0. The zero-order valence-corrected chi connectivity index (χ0v) is 17.0. The van der Waals surface area contributed by atoms with Gasteiger partial charge in [-0.05, 0) is 12.3 Å². The number of unbranched alkanes of at least 4 members (excludes halogenated alkanes) is 8. The van der Waals surface area contributed by atoms with E-state index in [1.165, 1.54) is 44.9 Å². The molecular weight excluding hydrogens is 289 g/mol. The average Bonchev–Trinajstić information content (AvgIpc) is 2.42. The fourth-order valence-electron chi connectivity index (χ4n) is 2.36. The van der Waals surface area contributed by atoms with E-state index in [9.17, 15) is 9.59 Å². The molecule has 4 nitrogen and oxygen atoms in total. The second-order valence-corrected chi connectivity index (χ2v) is 6.21. The van der Waals surface area contributed by atoms with E-state index in [-0.39, 0.29) is 42.8 Å². The summed E-state index contributed by atoms with van der Waals surface area (Å²) in [6.45, 7) is 5.83. The Morgan fingerprint density at radius 2 is 1.41 bits per heavy atom. The summed E-state index contributed by atoms with van der Waals surface area (Å²) in [4.78, 5) is 22.7. The van der Waals surface area contributed by atoms with Crippen molar-refractivity contribution in [3.05, 3.63) is 0 Å². The summed E-state index contributed by atoms with van der Waals surface area (Å²) in [5.74, 6) is -1.18. The van der Waals surface area contributed by atoms with Crippen molar-refractivity contribution < 1.29 is 45.7 Å². The molecule has 0 aromatic heterocycles. The number of amides is 1. The van der Waals surface area contributed by atoms with Gasteiger partial charge in [0.05, 0.1) is 0 Å². The van der Waals surface area contributed by atoms with Crippen LogP contribution in [0.1, 0.15) is 86.4 Å². The number of hydrogen-bond donors (Lipinski definition) is 2. The van der Waals surface area contributed by atoms with Crippen LogP contribution in [-0.2, 0) is 9.59 Å². The molecule has 0 fully saturated rings. The van der Waals surface area contributed by atoms with Crippen LogP contribution < -0.4 is 34.9 Å². The van der Waals surface area contributed by atoms with Gasteiger partial charge in [-0.15, -0.1) is 0 Å². The van der Waals surface area contributed by atoms with Gasteiger partial charge in [0.15, 0.2) is 0 Å². The number of rotatable bonds is 13. The van der Waals surface area contributed by atoms with Gasteiger partial charge in [0, 0.05) is 6.42 Å². The first kappa shape index (κ1) is 24.2. The van der Waals surface area contributed by atoms with Gasteiger partial charge in [-0.3, -0.25) is 4.79 Å². The topological polar surface area (TPSA) is 66.4 Å². The minimum Gasteiger partial charge on any atom is -1.00 e. The molecule has 0 aliphatic heterocycles. The van der Waals surface area contributed by atoms with Crippen LogP contribution in [0.4, 0.5) is 0 Å². The van der Waals surface area contributed by atoms with Gasteiger partial charge in [0.25, 0.3) is 0 Å². The van der Waals surface area contributed by atoms with Gasteiger partial charge in [0.1, 0.15) is 6.04 Å². The smallest absolute Gasteiger partial charge is 1.00 e. The average molecular weight is 323 g/mol. The van der Waals surface area contributed by atoms with E-state index < -0.39 is 12.0 Å². The van der Waals surface area contributed by atoms with E-state index in [2.05, 4.69) is 12.2 Å². The Bertz CT molecular complexity index is 302. The number of carboxylic acid groups (broad SMARTS) is 1. The predicted molar refractivity (Wildman–Crippen MR) is 87.4 cm³/mol. The molecule has 22 heavy (non-hydrogen) atoms. The summed E-state index contributed by atoms with van der Waals surface area (Å²) in [5.41, 5.74) is 0. The number of nitrogens with one attached hydrogen (secondary N) is 1. The maximum Gasteiger partial charge on any atom is 1.00 e. The van der Waals surface area contributed by atoms with Crippen LogP contribution in [0.15, 0.2) is 0 Å². The summed E-state index contributed by atoms with van der Waals surface area (Å²) >= 11 is 0. The minimum atomic E-state index is -0.953. The van der Waals surface area contributed by atoms with Gasteiger partial charge in [-0.2, -0.15) is 0 Å². The number of aliphatic carboxylic acids is 1. The molecule has 0 aliphatic carbocycles. The third kappa shape index (κ3) is 13.6. The first-order chi connectivity index (χ1) is 9.99. The number of carbonyl (C=O) groups is 2. The fourth-order valence-corrected chi connectivity index (χ4v) is 2.36. The molecule has 0 radical (unpaired) electrons. The molecule has 0 aromatic carbocycles. The van der Waals surface area contributed by atoms with Crippen LogP contribution in [0.5, 0.6) is 0 Å². The molecule has 1 amide bonds. The van der Waals surface area contributed by atoms with Crippen LogP contribution in [0.25, 0.3) is 0 Å². The molecule has 1 unspecified atom stereocenters. The van der Waals surface area contributed by atoms with Crippen molar-refractivity contribution in [3.8, 4) is 0 Å². The van der Waals surface area contributed by atoms with Crippen LogP contribution in [0.2, 0.25) is 0 Å². The number of carboxylic acids is 1. The standard InChI is InChI=1S/C17H33NO3.Na.H/c1-4-5-6-7-8-9-10-11-12-13-15(19)18-16(14(2)3)17(20)21;;/h14,16H,4-13H2,1-3H3,(H,18,19)(H,20,21);;/q;+1;-1. The molecule has 126 valence electrons. The molecule has 0 saturated carbocycles. The van der Waals surface area contributed by atoms with Gasteiger partial charge in [-0.1, -0.05) is 72.1 Å². The molecule has 0 heterocycles. The van der Waals surface area contributed by atoms with Gasteiger partial charge < -0.3 is 11.8 Å². The van der Waals surface area contributed by atoms with Crippen molar-refractivity contribution >= 4 is 11.9 Å². The first-order valence-electron chi connectivity index (χ1n) is 8.51. The van der Waals surface area contributed by atoms with Gasteiger partial charge >= 0.3 is 35.5 Å². The molecule has 1 atom stereocenters. The Morgan fingerprint density at radius 1 is 0.955 bits per heavy atom. The van der Waals surface area contributed by atoms with Crippen LogP contribution in [0, 0.1) is 5.92 Å². The molecule has 0 saturated heterocycles. The van der Waals surface area contributed by atoms with E-state index in [1.807, 2.05) is 0 Å². The summed E-state index contributed by atoms with van der Waals surface area (Å²) in [6, 6.07) is -0.768. The Morgan fingerprint density at radius 3 is 1.82 bits per heavy atom. The minimum absolute atomic E-state index is 0. The van der Waals surface area contributed by atoms with Crippen LogP contribution in [0.3, 0.4) is 0 Å². The van der Waals surface area contributed by atoms with E-state index in [4.69, 9.17) is 5.11 Å². The normalized spacial score (nSPS) is 11.8.